The van der Waals surface area contributed by atoms with E-state index >= 15 is 0 Å². The molecule has 0 amide bonds. The van der Waals surface area contributed by atoms with Crippen molar-refractivity contribution >= 4 is 17.7 Å². The van der Waals surface area contributed by atoms with E-state index < -0.39 is 0 Å². The number of aromatic nitrogens is 3. The molecule has 0 aromatic carbocycles. The van der Waals surface area contributed by atoms with Gasteiger partial charge in [0.15, 0.2) is 5.16 Å². The molecule has 1 aromatic heterocycles. The highest BCUT2D eigenvalue weighted by atomic mass is 32.2. The van der Waals surface area contributed by atoms with Crippen LogP contribution < -0.4 is 5.73 Å². The Labute approximate surface area is 114 Å². The van der Waals surface area contributed by atoms with Crippen molar-refractivity contribution in [1.82, 2.24) is 14.8 Å². The van der Waals surface area contributed by atoms with Crippen LogP contribution in [0.4, 0.5) is 5.95 Å². The Kier molecular flexibility index (Phi) is 4.54. The molecule has 0 aliphatic heterocycles. The maximum atomic E-state index is 5.88. The molecule has 102 valence electrons. The molecule has 2 atom stereocenters. The van der Waals surface area contributed by atoms with Crippen molar-refractivity contribution in [3.63, 3.8) is 0 Å². The summed E-state index contributed by atoms with van der Waals surface area (Å²) >= 11 is 1.87. The van der Waals surface area contributed by atoms with E-state index in [2.05, 4.69) is 31.0 Å². The largest absolute Gasteiger partial charge is 0.368 e. The fourth-order valence-electron chi connectivity index (χ4n) is 2.72. The number of anilines is 1. The predicted molar refractivity (Wildman–Crippen MR) is 76.7 cm³/mol. The Balaban J connectivity index is 2.05. The number of hydrogen-bond acceptors (Lipinski definition) is 4. The third-order valence-electron chi connectivity index (χ3n) is 3.79. The molecule has 0 radical (unpaired) electrons. The summed E-state index contributed by atoms with van der Waals surface area (Å²) in [5.41, 5.74) is 5.88. The molecule has 1 fully saturated rings. The van der Waals surface area contributed by atoms with Gasteiger partial charge in [-0.1, -0.05) is 37.9 Å². The maximum absolute atomic E-state index is 5.88. The Hall–Kier alpha value is -0.710. The van der Waals surface area contributed by atoms with E-state index in [1.165, 1.54) is 32.1 Å². The minimum absolute atomic E-state index is 0.327. The van der Waals surface area contributed by atoms with Crippen LogP contribution in [0.2, 0.25) is 0 Å². The third kappa shape index (κ3) is 2.99. The maximum Gasteiger partial charge on any atom is 0.222 e. The van der Waals surface area contributed by atoms with Crippen molar-refractivity contribution in [2.45, 2.75) is 69.3 Å². The molecule has 0 saturated heterocycles. The molecule has 18 heavy (non-hydrogen) atoms. The number of rotatable bonds is 4. The zero-order valence-corrected chi connectivity index (χ0v) is 12.4. The highest BCUT2D eigenvalue weighted by Crippen LogP contribution is 2.37. The van der Waals surface area contributed by atoms with E-state index in [1.807, 2.05) is 16.3 Å². The lowest BCUT2D eigenvalue weighted by atomic mass is 9.87. The Morgan fingerprint density at radius 1 is 1.39 bits per heavy atom. The van der Waals surface area contributed by atoms with E-state index in [-0.39, 0.29) is 0 Å². The van der Waals surface area contributed by atoms with Gasteiger partial charge >= 0.3 is 0 Å². The number of hydrogen-bond donors (Lipinski definition) is 1. The molecule has 1 saturated carbocycles. The average Bonchev–Trinajstić information content (AvgIpc) is 2.70. The lowest BCUT2D eigenvalue weighted by molar-refractivity contribution is 0.357. The van der Waals surface area contributed by atoms with Crippen LogP contribution in [0.15, 0.2) is 5.16 Å². The Morgan fingerprint density at radius 2 is 2.17 bits per heavy atom. The second kappa shape index (κ2) is 5.95. The normalized spacial score (nSPS) is 24.7. The summed E-state index contributed by atoms with van der Waals surface area (Å²) in [5, 5.41) is 9.92. The van der Waals surface area contributed by atoms with Crippen molar-refractivity contribution in [2.24, 2.45) is 5.92 Å². The topological polar surface area (TPSA) is 56.7 Å². The molecule has 2 N–H and O–H groups in total. The molecule has 0 spiro atoms. The standard InChI is InChI=1S/C13H24N4S/c1-4-10-6-5-7-11(8-10)18-13-16-15-12(14)17(13)9(2)3/h9-11H,4-8H2,1-3H3,(H2,14,15). The van der Waals surface area contributed by atoms with Crippen LogP contribution in [0.1, 0.15) is 58.9 Å². The second-order valence-corrected chi connectivity index (χ2v) is 6.75. The second-order valence-electron chi connectivity index (χ2n) is 5.49. The molecule has 4 nitrogen and oxygen atoms in total. The number of nitrogens with two attached hydrogens (primary N) is 1. The molecule has 5 heteroatoms. The van der Waals surface area contributed by atoms with Crippen molar-refractivity contribution in [3.8, 4) is 0 Å². The molecule has 0 bridgehead atoms. The van der Waals surface area contributed by atoms with Crippen LogP contribution in [-0.4, -0.2) is 20.0 Å². The zero-order chi connectivity index (χ0) is 13.1. The lowest BCUT2D eigenvalue weighted by Gasteiger charge is -2.27. The molecule has 1 heterocycles. The summed E-state index contributed by atoms with van der Waals surface area (Å²) in [6, 6.07) is 0.327. The van der Waals surface area contributed by atoms with Crippen LogP contribution >= 0.6 is 11.8 Å². The fraction of sp³-hybridized carbons (Fsp3) is 0.846. The zero-order valence-electron chi connectivity index (χ0n) is 11.6. The van der Waals surface area contributed by atoms with Gasteiger partial charge in [-0.3, -0.25) is 4.57 Å². The van der Waals surface area contributed by atoms with E-state index in [0.29, 0.717) is 17.2 Å². The van der Waals surface area contributed by atoms with Gasteiger partial charge in [0.1, 0.15) is 0 Å². The average molecular weight is 268 g/mol. The van der Waals surface area contributed by atoms with Crippen LogP contribution in [0.25, 0.3) is 0 Å². The van der Waals surface area contributed by atoms with Gasteiger partial charge in [0.25, 0.3) is 0 Å². The van der Waals surface area contributed by atoms with Crippen LogP contribution in [0.5, 0.6) is 0 Å². The van der Waals surface area contributed by atoms with E-state index in [1.54, 1.807) is 0 Å². The molecule has 1 aliphatic rings. The monoisotopic (exact) mass is 268 g/mol. The summed E-state index contributed by atoms with van der Waals surface area (Å²) in [6.07, 6.45) is 6.65. The van der Waals surface area contributed by atoms with Gasteiger partial charge in [0, 0.05) is 11.3 Å². The van der Waals surface area contributed by atoms with E-state index in [9.17, 15) is 0 Å². The van der Waals surface area contributed by atoms with E-state index in [4.69, 9.17) is 5.73 Å². The smallest absolute Gasteiger partial charge is 0.222 e. The first-order valence-electron chi connectivity index (χ1n) is 6.98. The van der Waals surface area contributed by atoms with Gasteiger partial charge in [0.2, 0.25) is 5.95 Å². The summed E-state index contributed by atoms with van der Waals surface area (Å²) in [4.78, 5) is 0. The van der Waals surface area contributed by atoms with Gasteiger partial charge in [-0.25, -0.2) is 0 Å². The summed E-state index contributed by atoms with van der Waals surface area (Å²) in [6.45, 7) is 6.55. The van der Waals surface area contributed by atoms with Gasteiger partial charge in [0.05, 0.1) is 0 Å². The summed E-state index contributed by atoms with van der Waals surface area (Å²) < 4.78 is 2.04. The first-order chi connectivity index (χ1) is 8.61. The van der Waals surface area contributed by atoms with E-state index in [0.717, 1.165) is 11.1 Å². The number of nitrogen functional groups attached to an aromatic ring is 1. The minimum atomic E-state index is 0.327. The molecule has 1 aromatic rings. The number of thioether (sulfide) groups is 1. The van der Waals surface area contributed by atoms with Crippen molar-refractivity contribution in [1.29, 1.82) is 0 Å². The first-order valence-corrected chi connectivity index (χ1v) is 7.86. The minimum Gasteiger partial charge on any atom is -0.368 e. The Morgan fingerprint density at radius 3 is 2.83 bits per heavy atom. The quantitative estimate of drug-likeness (QED) is 0.908. The van der Waals surface area contributed by atoms with Crippen molar-refractivity contribution in [3.05, 3.63) is 0 Å². The summed E-state index contributed by atoms with van der Waals surface area (Å²) in [7, 11) is 0. The van der Waals surface area contributed by atoms with Gasteiger partial charge in [-0.2, -0.15) is 0 Å². The number of nitrogens with zero attached hydrogens (tertiary/aromatic N) is 3. The third-order valence-corrected chi connectivity index (χ3v) is 5.04. The molecule has 2 unspecified atom stereocenters. The van der Waals surface area contributed by atoms with Crippen molar-refractivity contribution < 1.29 is 0 Å². The SMILES string of the molecule is CCC1CCCC(Sc2nnc(N)n2C(C)C)C1. The van der Waals surface area contributed by atoms with Crippen LogP contribution in [-0.2, 0) is 0 Å². The lowest BCUT2D eigenvalue weighted by Crippen LogP contribution is -2.18. The highest BCUT2D eigenvalue weighted by molar-refractivity contribution is 7.99. The Bertz CT molecular complexity index is 388. The fourth-order valence-corrected chi connectivity index (χ4v) is 4.18. The van der Waals surface area contributed by atoms with Crippen molar-refractivity contribution in [2.75, 3.05) is 5.73 Å². The van der Waals surface area contributed by atoms with Gasteiger partial charge in [-0.05, 0) is 32.6 Å². The molecular formula is C13H24N4S. The van der Waals surface area contributed by atoms with Gasteiger partial charge in [-0.15, -0.1) is 10.2 Å². The molecule has 1 aliphatic carbocycles. The van der Waals surface area contributed by atoms with Crippen LogP contribution in [0, 0.1) is 5.92 Å². The highest BCUT2D eigenvalue weighted by Gasteiger charge is 2.24. The van der Waals surface area contributed by atoms with Crippen LogP contribution in [0.3, 0.4) is 0 Å². The predicted octanol–water partition coefficient (Wildman–Crippen LogP) is 3.50. The summed E-state index contributed by atoms with van der Waals surface area (Å²) in [5.74, 6) is 1.43. The van der Waals surface area contributed by atoms with Gasteiger partial charge < -0.3 is 5.73 Å². The first kappa shape index (κ1) is 13.7. The molecule has 2 rings (SSSR count). The molecular weight excluding hydrogens is 244 g/mol.